The van der Waals surface area contributed by atoms with Crippen molar-refractivity contribution in [2.75, 3.05) is 38.6 Å². The van der Waals surface area contributed by atoms with Crippen molar-refractivity contribution in [2.45, 2.75) is 25.8 Å². The maximum Gasteiger partial charge on any atom is 0.346 e. The lowest BCUT2D eigenvalue weighted by molar-refractivity contribution is -0.130. The van der Waals surface area contributed by atoms with Gasteiger partial charge in [0.25, 0.3) is 11.5 Å². The molecule has 2 aromatic carbocycles. The van der Waals surface area contributed by atoms with Gasteiger partial charge < -0.3 is 15.0 Å². The molecule has 0 bridgehead atoms. The molecule has 1 fully saturated rings. The molecule has 0 radical (unpaired) electrons. The van der Waals surface area contributed by atoms with Crippen molar-refractivity contribution in [3.05, 3.63) is 89.9 Å². The van der Waals surface area contributed by atoms with E-state index < -0.39 is 28.7 Å². The number of piperazine rings is 1. The van der Waals surface area contributed by atoms with Gasteiger partial charge in [0.1, 0.15) is 5.82 Å². The number of hydrogen-bond donors (Lipinski definition) is 1. The largest absolute Gasteiger partial charge is 0.481 e. The monoisotopic (exact) mass is 695 g/mol. The maximum absolute atomic E-state index is 15.5. The van der Waals surface area contributed by atoms with Gasteiger partial charge in [0, 0.05) is 75.5 Å². The lowest BCUT2D eigenvalue weighted by Gasteiger charge is -2.38. The molecule has 2 aromatic heterocycles. The molecule has 2 amide bonds. The molecule has 6 rings (SSSR count). The summed E-state index contributed by atoms with van der Waals surface area (Å²) in [5, 5.41) is 6.31. The topological polar surface area (TPSA) is 132 Å². The predicted octanol–water partition coefficient (Wildman–Crippen LogP) is 4.07. The Kier molecular flexibility index (Phi) is 9.12. The molecule has 1 aliphatic heterocycles. The van der Waals surface area contributed by atoms with Crippen LogP contribution in [0.1, 0.15) is 41.0 Å². The Morgan fingerprint density at radius 2 is 1.73 bits per heavy atom. The number of aryl methyl sites for hydroxylation is 2. The molecule has 0 saturated carbocycles. The van der Waals surface area contributed by atoms with Crippen LogP contribution in [-0.2, 0) is 25.3 Å². The third-order valence-corrected chi connectivity index (χ3v) is 9.74. The minimum absolute atomic E-state index is 0.00439. The minimum atomic E-state index is -0.932. The second kappa shape index (κ2) is 13.1. The number of rotatable bonds is 6. The summed E-state index contributed by atoms with van der Waals surface area (Å²) in [5.41, 5.74) is 1.20. The normalized spacial score (nSPS) is 16.1. The Balaban J connectivity index is 1.33. The van der Waals surface area contributed by atoms with Crippen molar-refractivity contribution in [1.82, 2.24) is 29.1 Å². The highest BCUT2D eigenvalue weighted by molar-refractivity contribution is 6.39. The Morgan fingerprint density at radius 3 is 2.42 bits per heavy atom. The van der Waals surface area contributed by atoms with Crippen LogP contribution < -0.4 is 21.3 Å². The number of carbonyl (C=O) groups is 2. The summed E-state index contributed by atoms with van der Waals surface area (Å²) in [5.74, 6) is -1.07. The number of nitrogens with one attached hydrogen (secondary N) is 1. The molecule has 1 N–H and O–H groups in total. The molecule has 1 atom stereocenters. The number of aromatic nitrogens is 4. The smallest absolute Gasteiger partial charge is 0.346 e. The fourth-order valence-electron chi connectivity index (χ4n) is 6.43. The average Bonchev–Trinajstić information content (AvgIpc) is 3.51. The molecule has 1 saturated heterocycles. The van der Waals surface area contributed by atoms with Crippen LogP contribution in [0.3, 0.4) is 0 Å². The van der Waals surface area contributed by atoms with Gasteiger partial charge in [-0.3, -0.25) is 23.9 Å². The average molecular weight is 697 g/mol. The molecule has 1 aliphatic carbocycles. The second-order valence-corrected chi connectivity index (χ2v) is 12.5. The van der Waals surface area contributed by atoms with Crippen molar-refractivity contribution in [3.8, 4) is 28.3 Å². The number of halogens is 3. The van der Waals surface area contributed by atoms with Crippen LogP contribution in [0, 0.1) is 5.82 Å². The van der Waals surface area contributed by atoms with Gasteiger partial charge in [-0.15, -0.1) is 0 Å². The Labute approximate surface area is 284 Å². The van der Waals surface area contributed by atoms with Gasteiger partial charge in [-0.2, -0.15) is 5.10 Å². The van der Waals surface area contributed by atoms with Crippen LogP contribution in [0.5, 0.6) is 5.88 Å². The molecule has 15 heteroatoms. The third kappa shape index (κ3) is 5.86. The SMILES string of the molecule is COc1nc(-c2cccc(-c3c(F)ccc(NC(=O)c4nn(C)c(=O)n(C)c4=O)c3Cl)c2Cl)cc2c1[C@@H](N1CCN(C(C)=O)CC1)CC2. The van der Waals surface area contributed by atoms with Crippen molar-refractivity contribution in [2.24, 2.45) is 14.1 Å². The van der Waals surface area contributed by atoms with Gasteiger partial charge in [-0.25, -0.2) is 18.9 Å². The molecule has 2 aliphatic rings. The molecular formula is C33H32Cl2FN7O5. The second-order valence-electron chi connectivity index (χ2n) is 11.7. The fraction of sp³-hybridized carbons (Fsp3) is 0.333. The summed E-state index contributed by atoms with van der Waals surface area (Å²) < 4.78 is 22.9. The summed E-state index contributed by atoms with van der Waals surface area (Å²) in [6, 6.07) is 9.54. The number of pyridine rings is 1. The van der Waals surface area contributed by atoms with E-state index in [4.69, 9.17) is 32.9 Å². The van der Waals surface area contributed by atoms with Crippen LogP contribution in [0.25, 0.3) is 22.4 Å². The van der Waals surface area contributed by atoms with Crippen LogP contribution in [0.2, 0.25) is 10.0 Å². The van der Waals surface area contributed by atoms with Gasteiger partial charge in [0.15, 0.2) is 0 Å². The molecule has 4 aromatic rings. The number of nitrogens with zero attached hydrogens (tertiary/aromatic N) is 6. The summed E-state index contributed by atoms with van der Waals surface area (Å²) in [4.78, 5) is 58.5. The van der Waals surface area contributed by atoms with E-state index in [0.717, 1.165) is 52.4 Å². The first-order chi connectivity index (χ1) is 22.9. The van der Waals surface area contributed by atoms with Gasteiger partial charge in [-0.05, 0) is 36.6 Å². The molecular weight excluding hydrogens is 664 g/mol. The van der Waals surface area contributed by atoms with E-state index in [1.54, 1.807) is 32.2 Å². The zero-order chi connectivity index (χ0) is 34.4. The van der Waals surface area contributed by atoms with Gasteiger partial charge in [-0.1, -0.05) is 41.4 Å². The highest BCUT2D eigenvalue weighted by Crippen LogP contribution is 2.46. The number of hydrogen-bond acceptors (Lipinski definition) is 8. The van der Waals surface area contributed by atoms with E-state index in [0.29, 0.717) is 30.2 Å². The fourth-order valence-corrected chi connectivity index (χ4v) is 7.05. The zero-order valence-corrected chi connectivity index (χ0v) is 28.2. The maximum atomic E-state index is 15.5. The first kappa shape index (κ1) is 33.3. The van der Waals surface area contributed by atoms with Gasteiger partial charge >= 0.3 is 5.69 Å². The van der Waals surface area contributed by atoms with E-state index in [-0.39, 0.29) is 38.8 Å². The number of anilines is 1. The van der Waals surface area contributed by atoms with Crippen molar-refractivity contribution in [1.29, 1.82) is 0 Å². The molecule has 0 unspecified atom stereocenters. The summed E-state index contributed by atoms with van der Waals surface area (Å²) in [6.45, 7) is 4.44. The Bertz CT molecular complexity index is 2090. The number of fused-ring (bicyclic) bond motifs is 1. The molecule has 12 nitrogen and oxygen atoms in total. The van der Waals surface area contributed by atoms with E-state index in [1.165, 1.54) is 20.2 Å². The molecule has 250 valence electrons. The molecule has 3 heterocycles. The molecule has 48 heavy (non-hydrogen) atoms. The van der Waals surface area contributed by atoms with Gasteiger partial charge in [0.2, 0.25) is 17.5 Å². The summed E-state index contributed by atoms with van der Waals surface area (Å²) in [6.07, 6.45) is 1.68. The quantitative estimate of drug-likeness (QED) is 0.320. The highest BCUT2D eigenvalue weighted by atomic mass is 35.5. The Hall–Kier alpha value is -4.59. The summed E-state index contributed by atoms with van der Waals surface area (Å²) >= 11 is 13.6. The van der Waals surface area contributed by atoms with Crippen LogP contribution in [0.4, 0.5) is 10.1 Å². The van der Waals surface area contributed by atoms with Crippen LogP contribution in [-0.4, -0.2) is 74.2 Å². The Morgan fingerprint density at radius 1 is 1.02 bits per heavy atom. The first-order valence-electron chi connectivity index (χ1n) is 15.2. The number of benzene rings is 2. The summed E-state index contributed by atoms with van der Waals surface area (Å²) in [7, 11) is 4.10. The first-order valence-corrected chi connectivity index (χ1v) is 16.0. The van der Waals surface area contributed by atoms with E-state index >= 15 is 4.39 Å². The lowest BCUT2D eigenvalue weighted by Crippen LogP contribution is -2.48. The van der Waals surface area contributed by atoms with Crippen molar-refractivity contribution in [3.63, 3.8) is 0 Å². The highest BCUT2D eigenvalue weighted by Gasteiger charge is 2.35. The van der Waals surface area contributed by atoms with Crippen molar-refractivity contribution >= 4 is 40.7 Å². The predicted molar refractivity (Wildman–Crippen MR) is 179 cm³/mol. The van der Waals surface area contributed by atoms with E-state index in [2.05, 4.69) is 15.3 Å². The van der Waals surface area contributed by atoms with Crippen molar-refractivity contribution < 1.29 is 18.7 Å². The zero-order valence-electron chi connectivity index (χ0n) is 26.6. The minimum Gasteiger partial charge on any atom is -0.481 e. The van der Waals surface area contributed by atoms with E-state index in [9.17, 15) is 19.2 Å². The molecule has 0 spiro atoms. The number of methoxy groups -OCH3 is 1. The van der Waals surface area contributed by atoms with Gasteiger partial charge in [0.05, 0.1) is 28.5 Å². The number of carbonyl (C=O) groups excluding carboxylic acids is 2. The lowest BCUT2D eigenvalue weighted by atomic mass is 9.98. The van der Waals surface area contributed by atoms with E-state index in [1.807, 2.05) is 11.0 Å². The van der Waals surface area contributed by atoms with Crippen LogP contribution >= 0.6 is 23.2 Å². The third-order valence-electron chi connectivity index (χ3n) is 8.94. The number of amides is 2. The van der Waals surface area contributed by atoms with Crippen LogP contribution in [0.15, 0.2) is 46.0 Å². The standard InChI is InChI=1S/C33H32Cl2FN7O5/c1-17(44)42-12-14-43(15-13-42)24-11-8-18-16-23(38-31(48-4)25(18)24)19-6-5-7-20(27(19)34)26-21(36)9-10-22(28(26)35)37-30(45)29-32(46)40(2)33(47)41(3)39-29/h5-7,9-10,16,24H,8,11-15H2,1-4H3,(H,37,45)/t24-/m0/s1. The number of ether oxygens (including phenoxy) is 1.